The summed E-state index contributed by atoms with van der Waals surface area (Å²) < 4.78 is 4.89. The van der Waals surface area contributed by atoms with Crippen LogP contribution in [0.3, 0.4) is 0 Å². The van der Waals surface area contributed by atoms with Crippen LogP contribution in [-0.4, -0.2) is 9.13 Å². The number of rotatable bonds is 3. The topological polar surface area (TPSA) is 9.86 Å². The molecule has 222 valence electrons. The molecule has 0 bridgehead atoms. The van der Waals surface area contributed by atoms with Crippen molar-refractivity contribution in [2.45, 2.75) is 19.3 Å². The second-order valence-corrected chi connectivity index (χ2v) is 13.3. The Kier molecular flexibility index (Phi) is 5.37. The summed E-state index contributed by atoms with van der Waals surface area (Å²) in [4.78, 5) is 0. The molecule has 9 aromatic rings. The molecule has 47 heavy (non-hydrogen) atoms. The third-order valence-corrected chi connectivity index (χ3v) is 10.5. The van der Waals surface area contributed by atoms with Crippen LogP contribution in [0.2, 0.25) is 0 Å². The molecule has 0 spiro atoms. The van der Waals surface area contributed by atoms with Crippen molar-refractivity contribution in [3.05, 3.63) is 169 Å². The summed E-state index contributed by atoms with van der Waals surface area (Å²) in [6.07, 6.45) is 0. The highest BCUT2D eigenvalue weighted by atomic mass is 15.0. The third-order valence-electron chi connectivity index (χ3n) is 10.5. The van der Waals surface area contributed by atoms with Gasteiger partial charge < -0.3 is 9.13 Å². The van der Waals surface area contributed by atoms with E-state index in [2.05, 4.69) is 181 Å². The van der Waals surface area contributed by atoms with Crippen molar-refractivity contribution in [3.8, 4) is 33.6 Å². The number of aromatic nitrogens is 2. The van der Waals surface area contributed by atoms with Gasteiger partial charge in [0, 0.05) is 38.3 Å². The Hall–Kier alpha value is -5.86. The van der Waals surface area contributed by atoms with Gasteiger partial charge in [0.15, 0.2) is 0 Å². The molecule has 0 N–H and O–H groups in total. The van der Waals surface area contributed by atoms with Gasteiger partial charge in [-0.2, -0.15) is 0 Å². The van der Waals surface area contributed by atoms with E-state index in [9.17, 15) is 0 Å². The molecule has 0 fully saturated rings. The Morgan fingerprint density at radius 1 is 0.426 bits per heavy atom. The Bertz CT molecular complexity index is 2690. The lowest BCUT2D eigenvalue weighted by atomic mass is 9.80. The summed E-state index contributed by atoms with van der Waals surface area (Å²) in [5, 5.41) is 5.12. The quantitative estimate of drug-likeness (QED) is 0.191. The largest absolute Gasteiger partial charge is 0.309 e. The summed E-state index contributed by atoms with van der Waals surface area (Å²) >= 11 is 0. The van der Waals surface area contributed by atoms with Gasteiger partial charge in [-0.1, -0.05) is 117 Å². The minimum atomic E-state index is -0.186. The van der Waals surface area contributed by atoms with Gasteiger partial charge in [0.2, 0.25) is 0 Å². The number of fused-ring (bicyclic) bond motifs is 10. The van der Waals surface area contributed by atoms with Gasteiger partial charge in [-0.3, -0.25) is 0 Å². The van der Waals surface area contributed by atoms with Crippen LogP contribution in [0, 0.1) is 0 Å². The lowest BCUT2D eigenvalue weighted by Crippen LogP contribution is -2.16. The Balaban J connectivity index is 1.36. The second-order valence-electron chi connectivity index (χ2n) is 13.3. The average Bonchev–Trinajstić information content (AvgIpc) is 3.72. The third kappa shape index (κ3) is 3.56. The average molecular weight is 601 g/mol. The van der Waals surface area contributed by atoms with Crippen LogP contribution >= 0.6 is 0 Å². The summed E-state index contributed by atoms with van der Waals surface area (Å²) in [6, 6.07) is 57.9. The Morgan fingerprint density at radius 3 is 1.70 bits per heavy atom. The molecule has 0 aliphatic heterocycles. The molecule has 0 unspecified atom stereocenters. The van der Waals surface area contributed by atoms with Gasteiger partial charge in [-0.25, -0.2) is 0 Å². The molecule has 10 rings (SSSR count). The highest BCUT2D eigenvalue weighted by molar-refractivity contribution is 6.17. The zero-order chi connectivity index (χ0) is 31.3. The van der Waals surface area contributed by atoms with Crippen molar-refractivity contribution in [1.29, 1.82) is 0 Å². The second kappa shape index (κ2) is 9.57. The molecule has 2 heterocycles. The number of nitrogens with zero attached hydrogens (tertiary/aromatic N) is 2. The molecule has 2 aromatic heterocycles. The summed E-state index contributed by atoms with van der Waals surface area (Å²) in [7, 11) is 0. The van der Waals surface area contributed by atoms with Crippen molar-refractivity contribution in [2.24, 2.45) is 0 Å². The predicted octanol–water partition coefficient (Wildman–Crippen LogP) is 11.9. The zero-order valence-electron chi connectivity index (χ0n) is 26.4. The zero-order valence-corrected chi connectivity index (χ0v) is 26.4. The van der Waals surface area contributed by atoms with Crippen LogP contribution in [0.25, 0.3) is 77.2 Å². The van der Waals surface area contributed by atoms with E-state index >= 15 is 0 Å². The fraction of sp³-hybridized carbons (Fsp3) is 0.0667. The lowest BCUT2D eigenvalue weighted by molar-refractivity contribution is 0.664. The van der Waals surface area contributed by atoms with Crippen LogP contribution in [0.5, 0.6) is 0 Å². The van der Waals surface area contributed by atoms with E-state index in [-0.39, 0.29) is 5.41 Å². The van der Waals surface area contributed by atoms with Gasteiger partial charge in [0.25, 0.3) is 0 Å². The number of hydrogen-bond donors (Lipinski definition) is 0. The van der Waals surface area contributed by atoms with Gasteiger partial charge in [-0.15, -0.1) is 0 Å². The number of hydrogen-bond acceptors (Lipinski definition) is 0. The first kappa shape index (κ1) is 26.4. The monoisotopic (exact) mass is 600 g/mol. The van der Waals surface area contributed by atoms with Gasteiger partial charge >= 0.3 is 0 Å². The molecule has 0 radical (unpaired) electrons. The summed E-state index contributed by atoms with van der Waals surface area (Å²) in [5.41, 5.74) is 15.2. The molecule has 0 amide bonds. The molecule has 1 aliphatic carbocycles. The molecular formula is C45H32N2. The van der Waals surface area contributed by atoms with Crippen molar-refractivity contribution in [3.63, 3.8) is 0 Å². The Morgan fingerprint density at radius 2 is 0.979 bits per heavy atom. The first-order valence-electron chi connectivity index (χ1n) is 16.5. The highest BCUT2D eigenvalue weighted by Gasteiger charge is 2.40. The van der Waals surface area contributed by atoms with E-state index in [4.69, 9.17) is 0 Å². The summed E-state index contributed by atoms with van der Waals surface area (Å²) in [5.74, 6) is 0. The molecule has 7 aromatic carbocycles. The van der Waals surface area contributed by atoms with Gasteiger partial charge in [-0.05, 0) is 88.0 Å². The van der Waals surface area contributed by atoms with Crippen LogP contribution in [-0.2, 0) is 5.41 Å². The van der Waals surface area contributed by atoms with Crippen LogP contribution in [0.4, 0.5) is 0 Å². The number of benzene rings is 7. The molecule has 2 heteroatoms. The van der Waals surface area contributed by atoms with E-state index in [0.29, 0.717) is 0 Å². The fourth-order valence-electron chi connectivity index (χ4n) is 8.46. The van der Waals surface area contributed by atoms with Gasteiger partial charge in [0.1, 0.15) is 0 Å². The van der Waals surface area contributed by atoms with Crippen molar-refractivity contribution >= 4 is 43.6 Å². The first-order chi connectivity index (χ1) is 23.1. The van der Waals surface area contributed by atoms with Crippen LogP contribution in [0.1, 0.15) is 25.0 Å². The maximum absolute atomic E-state index is 2.50. The van der Waals surface area contributed by atoms with Crippen molar-refractivity contribution < 1.29 is 0 Å². The van der Waals surface area contributed by atoms with E-state index in [1.165, 1.54) is 88.4 Å². The number of para-hydroxylation sites is 4. The maximum atomic E-state index is 2.50. The normalized spacial score (nSPS) is 13.5. The van der Waals surface area contributed by atoms with E-state index in [1.54, 1.807) is 0 Å². The SMILES string of the molecule is CC1(C)c2ccccc2-c2c(-c3ccc4c(c3)c3ccccc3n4-c3ccccc3)cc3c4ccccc4n(-c4ccccc4)c3c21. The maximum Gasteiger partial charge on any atom is 0.0588 e. The molecule has 0 atom stereocenters. The van der Waals surface area contributed by atoms with Crippen molar-refractivity contribution in [2.75, 3.05) is 0 Å². The first-order valence-corrected chi connectivity index (χ1v) is 16.5. The fourth-order valence-corrected chi connectivity index (χ4v) is 8.46. The summed E-state index contributed by atoms with van der Waals surface area (Å²) in [6.45, 7) is 4.81. The molecular weight excluding hydrogens is 569 g/mol. The van der Waals surface area contributed by atoms with E-state index < -0.39 is 0 Å². The lowest BCUT2D eigenvalue weighted by Gasteiger charge is -2.24. The standard InChI is InChI=1S/C45H32N2/c1-45(2)38-22-12-9-21-34(38)42-35(28-37-33-20-11-14-24-40(33)47(44(37)43(42)45)31-17-7-4-8-18-31)29-25-26-41-36(27-29)32-19-10-13-23-39(32)46(41)30-15-5-3-6-16-30/h3-28H,1-2H3. The minimum Gasteiger partial charge on any atom is -0.309 e. The van der Waals surface area contributed by atoms with Crippen LogP contribution in [0.15, 0.2) is 158 Å². The smallest absolute Gasteiger partial charge is 0.0588 e. The van der Waals surface area contributed by atoms with Gasteiger partial charge in [0.05, 0.1) is 22.1 Å². The molecule has 2 nitrogen and oxygen atoms in total. The van der Waals surface area contributed by atoms with E-state index in [0.717, 1.165) is 0 Å². The van der Waals surface area contributed by atoms with E-state index in [1.807, 2.05) is 0 Å². The highest BCUT2D eigenvalue weighted by Crippen LogP contribution is 2.56. The molecule has 0 saturated heterocycles. The minimum absolute atomic E-state index is 0.186. The van der Waals surface area contributed by atoms with Crippen molar-refractivity contribution in [1.82, 2.24) is 9.13 Å². The molecule has 0 saturated carbocycles. The Labute approximate surface area is 273 Å². The molecule has 1 aliphatic rings. The van der Waals surface area contributed by atoms with Crippen LogP contribution < -0.4 is 0 Å². The predicted molar refractivity (Wildman–Crippen MR) is 198 cm³/mol.